The Kier molecular flexibility index (Phi) is 1.04. The summed E-state index contributed by atoms with van der Waals surface area (Å²) < 4.78 is 0. The van der Waals surface area contributed by atoms with Gasteiger partial charge in [0.1, 0.15) is 0 Å². The van der Waals surface area contributed by atoms with Crippen molar-refractivity contribution >= 4 is 11.7 Å². The fourth-order valence-corrected chi connectivity index (χ4v) is 0.604. The number of nitrogens with one attached hydrogen (secondary N) is 1. The summed E-state index contributed by atoms with van der Waals surface area (Å²) in [6.07, 6.45) is 0.384. The first-order chi connectivity index (χ1) is 3.70. The number of rotatable bonds is 1. The first kappa shape index (κ1) is 5.28. The topological polar surface area (TPSA) is 46.2 Å². The Balaban J connectivity index is 2.35. The van der Waals surface area contributed by atoms with Crippen LogP contribution in [0.15, 0.2) is 0 Å². The van der Waals surface area contributed by atoms with Crippen molar-refractivity contribution in [3.63, 3.8) is 0 Å². The van der Waals surface area contributed by atoms with Gasteiger partial charge in [-0.05, 0) is 6.92 Å². The van der Waals surface area contributed by atoms with Crippen molar-refractivity contribution in [3.05, 3.63) is 0 Å². The van der Waals surface area contributed by atoms with Crippen LogP contribution in [0.25, 0.3) is 0 Å². The molecule has 1 fully saturated rings. The van der Waals surface area contributed by atoms with Crippen molar-refractivity contribution in [3.8, 4) is 0 Å². The van der Waals surface area contributed by atoms with Crippen molar-refractivity contribution < 1.29 is 9.59 Å². The molecule has 44 valence electrons. The van der Waals surface area contributed by atoms with Crippen LogP contribution in [0.4, 0.5) is 0 Å². The van der Waals surface area contributed by atoms with Gasteiger partial charge in [0.2, 0.25) is 5.91 Å². The van der Waals surface area contributed by atoms with Crippen molar-refractivity contribution in [2.24, 2.45) is 0 Å². The van der Waals surface area contributed by atoms with Gasteiger partial charge in [0.25, 0.3) is 0 Å². The molecule has 1 aliphatic heterocycles. The third-order valence-electron chi connectivity index (χ3n) is 1.22. The molecule has 1 atom stereocenters. The Morgan fingerprint density at radius 1 is 1.88 bits per heavy atom. The maximum absolute atomic E-state index is 10.4. The number of carbonyl (C=O) groups excluding carboxylic acids is 2. The molecule has 3 heteroatoms. The minimum Gasteiger partial charge on any atom is -0.346 e. The van der Waals surface area contributed by atoms with Gasteiger partial charge in [-0.3, -0.25) is 9.59 Å². The maximum atomic E-state index is 10.4. The zero-order valence-electron chi connectivity index (χ0n) is 4.60. The van der Waals surface area contributed by atoms with E-state index in [1.807, 2.05) is 0 Å². The molecule has 1 unspecified atom stereocenters. The average Bonchev–Trinajstić information content (AvgIpc) is 1.57. The van der Waals surface area contributed by atoms with Gasteiger partial charge < -0.3 is 5.32 Å². The molecule has 1 rings (SSSR count). The predicted molar refractivity (Wildman–Crippen MR) is 27.2 cm³/mol. The molecule has 0 aromatic heterocycles. The molecule has 8 heavy (non-hydrogen) atoms. The lowest BCUT2D eigenvalue weighted by Gasteiger charge is -2.23. The van der Waals surface area contributed by atoms with E-state index in [2.05, 4.69) is 5.32 Å². The number of carbonyl (C=O) groups is 2. The molecule has 3 nitrogen and oxygen atoms in total. The summed E-state index contributed by atoms with van der Waals surface area (Å²) in [5.41, 5.74) is 0. The van der Waals surface area contributed by atoms with E-state index in [1.54, 1.807) is 0 Å². The lowest BCUT2D eigenvalue weighted by atomic mass is 10.0. The van der Waals surface area contributed by atoms with Crippen LogP contribution in [0.2, 0.25) is 0 Å². The lowest BCUT2D eigenvalue weighted by Crippen LogP contribution is -2.52. The molecule has 1 aliphatic rings. The first-order valence-electron chi connectivity index (χ1n) is 2.50. The van der Waals surface area contributed by atoms with Crippen LogP contribution < -0.4 is 5.32 Å². The Morgan fingerprint density at radius 3 is 2.50 bits per heavy atom. The minimum absolute atomic E-state index is 0.0230. The summed E-state index contributed by atoms with van der Waals surface area (Å²) in [6, 6.07) is -0.178. The van der Waals surface area contributed by atoms with E-state index < -0.39 is 0 Å². The highest BCUT2D eigenvalue weighted by atomic mass is 16.2. The second kappa shape index (κ2) is 1.58. The Morgan fingerprint density at radius 2 is 2.38 bits per heavy atom. The number of ketones is 1. The molecule has 1 saturated heterocycles. The summed E-state index contributed by atoms with van der Waals surface area (Å²) in [7, 11) is 0. The average molecular weight is 113 g/mol. The van der Waals surface area contributed by atoms with Gasteiger partial charge in [-0.25, -0.2) is 0 Å². The third kappa shape index (κ3) is 0.710. The number of hydrogen-bond donors (Lipinski definition) is 1. The Labute approximate surface area is 47.1 Å². The normalized spacial score (nSPS) is 26.1. The van der Waals surface area contributed by atoms with Crippen LogP contribution in [0, 0.1) is 0 Å². The van der Waals surface area contributed by atoms with E-state index in [9.17, 15) is 9.59 Å². The molecule has 0 aromatic carbocycles. The van der Waals surface area contributed by atoms with Crippen LogP contribution in [0.3, 0.4) is 0 Å². The Hall–Kier alpha value is -0.860. The largest absolute Gasteiger partial charge is 0.346 e. The van der Waals surface area contributed by atoms with Gasteiger partial charge in [-0.15, -0.1) is 0 Å². The highest BCUT2D eigenvalue weighted by Gasteiger charge is 2.28. The third-order valence-corrected chi connectivity index (χ3v) is 1.22. The van der Waals surface area contributed by atoms with Gasteiger partial charge in [0.15, 0.2) is 5.78 Å². The summed E-state index contributed by atoms with van der Waals surface area (Å²) in [4.78, 5) is 20.5. The SMILES string of the molecule is CC(=O)C1CC(=O)N1. The van der Waals surface area contributed by atoms with E-state index in [0.717, 1.165) is 0 Å². The van der Waals surface area contributed by atoms with Gasteiger partial charge >= 0.3 is 0 Å². The maximum Gasteiger partial charge on any atom is 0.223 e. The number of Topliss-reactive ketones (excluding diaryl/α,β-unsaturated/α-hetero) is 1. The number of β-lactam (4-membered cyclic amide) rings is 1. The fraction of sp³-hybridized carbons (Fsp3) is 0.600. The molecule has 1 N–H and O–H groups in total. The molecular weight excluding hydrogens is 106 g/mol. The molecule has 1 amide bonds. The highest BCUT2D eigenvalue weighted by molar-refractivity contribution is 5.97. The van der Waals surface area contributed by atoms with E-state index in [-0.39, 0.29) is 17.7 Å². The second-order valence-corrected chi connectivity index (χ2v) is 1.93. The van der Waals surface area contributed by atoms with Crippen LogP contribution in [0.1, 0.15) is 13.3 Å². The fourth-order valence-electron chi connectivity index (χ4n) is 0.604. The van der Waals surface area contributed by atoms with Crippen LogP contribution in [-0.2, 0) is 9.59 Å². The monoisotopic (exact) mass is 113 g/mol. The van der Waals surface area contributed by atoms with Crippen LogP contribution >= 0.6 is 0 Å². The van der Waals surface area contributed by atoms with Crippen molar-refractivity contribution in [2.75, 3.05) is 0 Å². The van der Waals surface area contributed by atoms with Gasteiger partial charge in [0.05, 0.1) is 12.5 Å². The lowest BCUT2D eigenvalue weighted by molar-refractivity contribution is -0.135. The van der Waals surface area contributed by atoms with Crippen LogP contribution in [0.5, 0.6) is 0 Å². The quantitative estimate of drug-likeness (QED) is 0.464. The molecule has 0 radical (unpaired) electrons. The smallest absolute Gasteiger partial charge is 0.223 e. The molecule has 0 saturated carbocycles. The van der Waals surface area contributed by atoms with E-state index >= 15 is 0 Å². The zero-order valence-corrected chi connectivity index (χ0v) is 4.60. The van der Waals surface area contributed by atoms with Gasteiger partial charge in [-0.2, -0.15) is 0 Å². The summed E-state index contributed by atoms with van der Waals surface area (Å²) in [6.45, 7) is 1.48. The Bertz CT molecular complexity index is 133. The van der Waals surface area contributed by atoms with Crippen molar-refractivity contribution in [2.45, 2.75) is 19.4 Å². The van der Waals surface area contributed by atoms with Gasteiger partial charge in [0, 0.05) is 0 Å². The molecular formula is C5H7NO2. The molecule has 0 spiro atoms. The van der Waals surface area contributed by atoms with Gasteiger partial charge in [-0.1, -0.05) is 0 Å². The first-order valence-corrected chi connectivity index (χ1v) is 2.50. The van der Waals surface area contributed by atoms with E-state index in [1.165, 1.54) is 6.92 Å². The number of amides is 1. The standard InChI is InChI=1S/C5H7NO2/c1-3(7)4-2-5(8)6-4/h4H,2H2,1H3,(H,6,8). The minimum atomic E-state index is -0.178. The number of hydrogen-bond acceptors (Lipinski definition) is 2. The van der Waals surface area contributed by atoms with E-state index in [0.29, 0.717) is 6.42 Å². The predicted octanol–water partition coefficient (Wildman–Crippen LogP) is -0.536. The van der Waals surface area contributed by atoms with Crippen molar-refractivity contribution in [1.29, 1.82) is 0 Å². The zero-order chi connectivity index (χ0) is 6.15. The summed E-state index contributed by atoms with van der Waals surface area (Å²) in [5, 5.41) is 2.45. The molecule has 0 aliphatic carbocycles. The summed E-state index contributed by atoms with van der Waals surface area (Å²) >= 11 is 0. The van der Waals surface area contributed by atoms with E-state index in [4.69, 9.17) is 0 Å². The molecule has 0 aromatic rings. The molecule has 0 bridgehead atoms. The van der Waals surface area contributed by atoms with Crippen LogP contribution in [-0.4, -0.2) is 17.7 Å². The summed E-state index contributed by atoms with van der Waals surface area (Å²) in [5.74, 6) is 0.0230. The second-order valence-electron chi connectivity index (χ2n) is 1.93. The molecule has 1 heterocycles. The highest BCUT2D eigenvalue weighted by Crippen LogP contribution is 2.03. The van der Waals surface area contributed by atoms with Crippen molar-refractivity contribution in [1.82, 2.24) is 5.32 Å².